The van der Waals surface area contributed by atoms with Gasteiger partial charge in [0, 0.05) is 10.0 Å². The van der Waals surface area contributed by atoms with Gasteiger partial charge in [-0.1, -0.05) is 23.2 Å². The van der Waals surface area contributed by atoms with E-state index in [-0.39, 0.29) is 0 Å². The monoisotopic (exact) mass is 366 g/mol. The quantitative estimate of drug-likeness (QED) is 0.684. The molecule has 0 atom stereocenters. The predicted octanol–water partition coefficient (Wildman–Crippen LogP) is 4.98. The molecule has 0 fully saturated rings. The highest BCUT2D eigenvalue weighted by molar-refractivity contribution is 6.94. The second-order valence-corrected chi connectivity index (χ2v) is 20.5. The number of hydrogen-bond donors (Lipinski definition) is 0. The van der Waals surface area contributed by atoms with Crippen molar-refractivity contribution in [3.63, 3.8) is 0 Å². The summed E-state index contributed by atoms with van der Waals surface area (Å²) < 4.78 is 12.9. The Labute approximate surface area is 135 Å². The molecule has 0 saturated carbocycles. The molecule has 0 bridgehead atoms. The SMILES string of the molecule is C[Si](C)(C)O[Si](C)(O[Si](C)(C)C)c1cc(Cl)cc(Cl)c1. The highest BCUT2D eigenvalue weighted by Crippen LogP contribution is 2.23. The van der Waals surface area contributed by atoms with E-state index in [2.05, 4.69) is 45.8 Å². The van der Waals surface area contributed by atoms with Crippen LogP contribution in [0.3, 0.4) is 0 Å². The predicted molar refractivity (Wildman–Crippen MR) is 96.6 cm³/mol. The van der Waals surface area contributed by atoms with Gasteiger partial charge in [-0.25, -0.2) is 0 Å². The molecular formula is C13H24Cl2O2Si3. The molecule has 1 aromatic rings. The lowest BCUT2D eigenvalue weighted by atomic mass is 10.4. The Hall–Kier alpha value is 0.371. The first-order valence-electron chi connectivity index (χ1n) is 6.68. The fourth-order valence-electron chi connectivity index (χ4n) is 2.12. The summed E-state index contributed by atoms with van der Waals surface area (Å²) in [4.78, 5) is 0. The Morgan fingerprint density at radius 1 is 0.700 bits per heavy atom. The lowest BCUT2D eigenvalue weighted by Crippen LogP contribution is -2.60. The third kappa shape index (κ3) is 6.01. The van der Waals surface area contributed by atoms with Crippen LogP contribution in [0.2, 0.25) is 55.9 Å². The van der Waals surface area contributed by atoms with Gasteiger partial charge in [0.1, 0.15) is 0 Å². The minimum absolute atomic E-state index is 0.629. The fraction of sp³-hybridized carbons (Fsp3) is 0.538. The first-order chi connectivity index (χ1) is 8.81. The highest BCUT2D eigenvalue weighted by atomic mass is 35.5. The number of halogens is 2. The van der Waals surface area contributed by atoms with Crippen molar-refractivity contribution in [1.82, 2.24) is 0 Å². The normalized spacial score (nSPS) is 13.7. The van der Waals surface area contributed by atoms with E-state index in [0.717, 1.165) is 5.19 Å². The lowest BCUT2D eigenvalue weighted by Gasteiger charge is -2.38. The van der Waals surface area contributed by atoms with Crippen molar-refractivity contribution in [2.24, 2.45) is 0 Å². The lowest BCUT2D eigenvalue weighted by molar-refractivity contribution is 0.404. The van der Waals surface area contributed by atoms with Crippen LogP contribution in [0.25, 0.3) is 0 Å². The van der Waals surface area contributed by atoms with Crippen LogP contribution < -0.4 is 5.19 Å². The Balaban J connectivity index is 3.28. The molecule has 0 aromatic heterocycles. The minimum atomic E-state index is -2.50. The van der Waals surface area contributed by atoms with Gasteiger partial charge >= 0.3 is 8.56 Å². The van der Waals surface area contributed by atoms with Crippen LogP contribution in [-0.4, -0.2) is 25.2 Å². The zero-order valence-corrected chi connectivity index (χ0v) is 17.8. The summed E-state index contributed by atoms with van der Waals surface area (Å²) in [7, 11) is -5.98. The summed E-state index contributed by atoms with van der Waals surface area (Å²) in [5.41, 5.74) is 0. The largest absolute Gasteiger partial charge is 0.433 e. The Kier molecular flexibility index (Phi) is 5.75. The Morgan fingerprint density at radius 2 is 1.05 bits per heavy atom. The molecule has 0 N–H and O–H groups in total. The van der Waals surface area contributed by atoms with Gasteiger partial charge < -0.3 is 8.23 Å². The van der Waals surface area contributed by atoms with Crippen molar-refractivity contribution in [3.05, 3.63) is 28.2 Å². The molecule has 0 aliphatic heterocycles. The third-order valence-corrected chi connectivity index (χ3v) is 12.2. The summed E-state index contributed by atoms with van der Waals surface area (Å²) in [6.07, 6.45) is 0. The van der Waals surface area contributed by atoms with Crippen LogP contribution in [-0.2, 0) is 8.23 Å². The van der Waals surface area contributed by atoms with Crippen molar-refractivity contribution < 1.29 is 8.23 Å². The van der Waals surface area contributed by atoms with Crippen LogP contribution in [0.4, 0.5) is 0 Å². The maximum absolute atomic E-state index is 6.47. The molecule has 0 unspecified atom stereocenters. The van der Waals surface area contributed by atoms with E-state index in [4.69, 9.17) is 31.4 Å². The van der Waals surface area contributed by atoms with E-state index in [0.29, 0.717) is 10.0 Å². The molecule has 0 radical (unpaired) electrons. The summed E-state index contributed by atoms with van der Waals surface area (Å²) in [5.74, 6) is 0. The summed E-state index contributed by atoms with van der Waals surface area (Å²) in [6, 6.07) is 5.60. The summed E-state index contributed by atoms with van der Waals surface area (Å²) in [6.45, 7) is 15.2. The molecule has 0 amide bonds. The van der Waals surface area contributed by atoms with Crippen LogP contribution in [0.15, 0.2) is 18.2 Å². The maximum Gasteiger partial charge on any atom is 0.348 e. The average Bonchev–Trinajstić information content (AvgIpc) is 2.08. The molecule has 1 aromatic carbocycles. The molecule has 1 rings (SSSR count). The molecule has 0 heterocycles. The molecule has 20 heavy (non-hydrogen) atoms. The van der Waals surface area contributed by atoms with E-state index in [1.165, 1.54) is 0 Å². The van der Waals surface area contributed by atoms with E-state index in [1.807, 2.05) is 12.1 Å². The number of hydrogen-bond acceptors (Lipinski definition) is 2. The van der Waals surface area contributed by atoms with Gasteiger partial charge in [0.15, 0.2) is 16.6 Å². The van der Waals surface area contributed by atoms with Crippen LogP contribution in [0, 0.1) is 0 Å². The molecule has 7 heteroatoms. The van der Waals surface area contributed by atoms with Crippen molar-refractivity contribution >= 4 is 53.6 Å². The van der Waals surface area contributed by atoms with Crippen LogP contribution >= 0.6 is 23.2 Å². The second-order valence-electron chi connectivity index (χ2n) is 7.03. The third-order valence-electron chi connectivity index (χ3n) is 2.39. The summed E-state index contributed by atoms with van der Waals surface area (Å²) >= 11 is 12.3. The van der Waals surface area contributed by atoms with Crippen molar-refractivity contribution in [1.29, 1.82) is 0 Å². The van der Waals surface area contributed by atoms with Crippen molar-refractivity contribution in [2.45, 2.75) is 45.8 Å². The summed E-state index contributed by atoms with van der Waals surface area (Å²) in [5, 5.41) is 2.27. The van der Waals surface area contributed by atoms with Crippen LogP contribution in [0.1, 0.15) is 0 Å². The first kappa shape index (κ1) is 18.4. The molecule has 2 nitrogen and oxygen atoms in total. The molecule has 0 saturated heterocycles. The Morgan fingerprint density at radius 3 is 1.35 bits per heavy atom. The topological polar surface area (TPSA) is 18.5 Å². The Bertz CT molecular complexity index is 445. The van der Waals surface area contributed by atoms with Gasteiger partial charge in [0.2, 0.25) is 0 Å². The number of rotatable bonds is 5. The first-order valence-corrected chi connectivity index (χ1v) is 16.6. The van der Waals surface area contributed by atoms with Crippen molar-refractivity contribution in [2.75, 3.05) is 0 Å². The maximum atomic E-state index is 6.47. The van der Waals surface area contributed by atoms with Crippen LogP contribution in [0.5, 0.6) is 0 Å². The van der Waals surface area contributed by atoms with Gasteiger partial charge in [-0.3, -0.25) is 0 Å². The van der Waals surface area contributed by atoms with Gasteiger partial charge in [-0.05, 0) is 69.2 Å². The molecule has 114 valence electrons. The van der Waals surface area contributed by atoms with E-state index >= 15 is 0 Å². The second kappa shape index (κ2) is 6.24. The molecule has 0 aliphatic rings. The zero-order valence-electron chi connectivity index (χ0n) is 13.3. The standard InChI is InChI=1S/C13H24Cl2O2Si3/c1-18(2,3)16-20(7,17-19(4,5)6)13-9-11(14)8-12(15)10-13/h8-10H,1-7H3. The number of benzene rings is 1. The molecular weight excluding hydrogens is 343 g/mol. The van der Waals surface area contributed by atoms with Gasteiger partial charge in [0.05, 0.1) is 0 Å². The fourth-order valence-corrected chi connectivity index (χ4v) is 14.5. The van der Waals surface area contributed by atoms with Crippen molar-refractivity contribution in [3.8, 4) is 0 Å². The zero-order chi connectivity index (χ0) is 15.8. The van der Waals surface area contributed by atoms with E-state index in [1.54, 1.807) is 6.07 Å². The molecule has 0 aliphatic carbocycles. The van der Waals surface area contributed by atoms with Gasteiger partial charge in [-0.2, -0.15) is 0 Å². The smallest absolute Gasteiger partial charge is 0.348 e. The van der Waals surface area contributed by atoms with Gasteiger partial charge in [0.25, 0.3) is 0 Å². The van der Waals surface area contributed by atoms with E-state index < -0.39 is 25.2 Å². The van der Waals surface area contributed by atoms with E-state index in [9.17, 15) is 0 Å². The minimum Gasteiger partial charge on any atom is -0.433 e. The van der Waals surface area contributed by atoms with Gasteiger partial charge in [-0.15, -0.1) is 0 Å². The average molecular weight is 367 g/mol. The molecule has 0 spiro atoms. The highest BCUT2D eigenvalue weighted by Gasteiger charge is 2.42.